The van der Waals surface area contributed by atoms with Crippen LogP contribution < -0.4 is 4.90 Å². The molecule has 3 heterocycles. The van der Waals surface area contributed by atoms with Crippen molar-refractivity contribution >= 4 is 93.5 Å². The second kappa shape index (κ2) is 15.2. The first-order chi connectivity index (χ1) is 33.7. The highest BCUT2D eigenvalue weighted by Crippen LogP contribution is 2.45. The van der Waals surface area contributed by atoms with Gasteiger partial charge < -0.3 is 18.3 Å². The molecule has 0 amide bonds. The van der Waals surface area contributed by atoms with Gasteiger partial charge in [0.25, 0.3) is 0 Å². The SMILES string of the molecule is c1cc(-c2cc(N(c3ccc(-c4ccc5ccccc5c4)cc3)c3ccc(-c4cccc5oc6ccccc6c45)cc3)cc3c2oc2ccccc23)cc(-n2c3ccccc3c3ccccc32)c1. The molecule has 68 heavy (non-hydrogen) atoms. The molecule has 0 aliphatic heterocycles. The second-order valence-corrected chi connectivity index (χ2v) is 17.7. The van der Waals surface area contributed by atoms with E-state index in [1.165, 1.54) is 38.1 Å². The Bertz CT molecular complexity index is 4210. The Balaban J connectivity index is 0.962. The average molecular weight is 869 g/mol. The third kappa shape index (κ3) is 6.08. The normalized spacial score (nSPS) is 11.8. The Labute approximate surface area is 391 Å². The van der Waals surface area contributed by atoms with Gasteiger partial charge in [-0.2, -0.15) is 0 Å². The maximum atomic E-state index is 6.84. The van der Waals surface area contributed by atoms with Gasteiger partial charge in [0.05, 0.1) is 11.0 Å². The van der Waals surface area contributed by atoms with Crippen LogP contribution in [0.1, 0.15) is 0 Å². The Kier molecular flexibility index (Phi) is 8.55. The average Bonchev–Trinajstić information content (AvgIpc) is 4.09. The lowest BCUT2D eigenvalue weighted by Gasteiger charge is -2.27. The summed E-state index contributed by atoms with van der Waals surface area (Å²) < 4.78 is 15.5. The van der Waals surface area contributed by atoms with E-state index in [1.807, 2.05) is 18.2 Å². The van der Waals surface area contributed by atoms with Crippen molar-refractivity contribution in [2.45, 2.75) is 0 Å². The number of para-hydroxylation sites is 4. The molecule has 4 heteroatoms. The molecule has 0 saturated carbocycles. The molecule has 14 rings (SSSR count). The summed E-state index contributed by atoms with van der Waals surface area (Å²) in [5.41, 5.74) is 16.7. The minimum atomic E-state index is 0.857. The largest absolute Gasteiger partial charge is 0.456 e. The molecule has 0 unspecified atom stereocenters. The Morgan fingerprint density at radius 1 is 0.309 bits per heavy atom. The van der Waals surface area contributed by atoms with Gasteiger partial charge in [0.1, 0.15) is 22.3 Å². The van der Waals surface area contributed by atoms with Crippen LogP contribution in [-0.4, -0.2) is 4.57 Å². The van der Waals surface area contributed by atoms with Gasteiger partial charge in [-0.25, -0.2) is 0 Å². The van der Waals surface area contributed by atoms with E-state index in [9.17, 15) is 0 Å². The van der Waals surface area contributed by atoms with Crippen LogP contribution in [0.25, 0.3) is 116 Å². The molecule has 0 atom stereocenters. The van der Waals surface area contributed by atoms with Gasteiger partial charge >= 0.3 is 0 Å². The summed E-state index contributed by atoms with van der Waals surface area (Å²) >= 11 is 0. The second-order valence-electron chi connectivity index (χ2n) is 17.7. The number of benzene rings is 11. The molecule has 0 aliphatic carbocycles. The van der Waals surface area contributed by atoms with Gasteiger partial charge in [-0.1, -0.05) is 158 Å². The third-order valence-corrected chi connectivity index (χ3v) is 13.8. The molecule has 318 valence electrons. The first-order valence-electron chi connectivity index (χ1n) is 23.1. The van der Waals surface area contributed by atoms with Crippen LogP contribution in [0, 0.1) is 0 Å². The number of anilines is 3. The molecule has 0 N–H and O–H groups in total. The Morgan fingerprint density at radius 2 is 0.897 bits per heavy atom. The van der Waals surface area contributed by atoms with Crippen molar-refractivity contribution in [1.29, 1.82) is 0 Å². The third-order valence-electron chi connectivity index (χ3n) is 13.8. The number of hydrogen-bond acceptors (Lipinski definition) is 3. The van der Waals surface area contributed by atoms with E-state index < -0.39 is 0 Å². The van der Waals surface area contributed by atoms with Crippen LogP contribution in [0.3, 0.4) is 0 Å². The van der Waals surface area contributed by atoms with E-state index >= 15 is 0 Å². The fourth-order valence-corrected chi connectivity index (χ4v) is 10.6. The highest BCUT2D eigenvalue weighted by atomic mass is 16.3. The number of furan rings is 2. The summed E-state index contributed by atoms with van der Waals surface area (Å²) in [6, 6.07) is 87.1. The zero-order valence-electron chi connectivity index (χ0n) is 36.8. The molecule has 14 aromatic rings. The summed E-state index contributed by atoms with van der Waals surface area (Å²) in [6.07, 6.45) is 0. The van der Waals surface area contributed by atoms with Crippen LogP contribution in [0.5, 0.6) is 0 Å². The molecule has 0 aliphatic rings. The lowest BCUT2D eigenvalue weighted by Crippen LogP contribution is -2.10. The van der Waals surface area contributed by atoms with Gasteiger partial charge in [-0.3, -0.25) is 0 Å². The molecule has 3 aromatic heterocycles. The first kappa shape index (κ1) is 38.2. The van der Waals surface area contributed by atoms with E-state index in [0.29, 0.717) is 0 Å². The maximum Gasteiger partial charge on any atom is 0.143 e. The van der Waals surface area contributed by atoms with Gasteiger partial charge in [0.2, 0.25) is 0 Å². The minimum absolute atomic E-state index is 0.857. The predicted molar refractivity (Wildman–Crippen MR) is 284 cm³/mol. The molecular weight excluding hydrogens is 829 g/mol. The number of rotatable bonds is 7. The molecule has 0 fully saturated rings. The molecule has 4 nitrogen and oxygen atoms in total. The van der Waals surface area contributed by atoms with Crippen LogP contribution >= 0.6 is 0 Å². The van der Waals surface area contributed by atoms with Gasteiger partial charge in [0, 0.05) is 60.6 Å². The first-order valence-corrected chi connectivity index (χ1v) is 23.1. The van der Waals surface area contributed by atoms with Crippen molar-refractivity contribution in [3.8, 4) is 39.1 Å². The van der Waals surface area contributed by atoms with Crippen LogP contribution in [0.4, 0.5) is 17.1 Å². The topological polar surface area (TPSA) is 34.5 Å². The van der Waals surface area contributed by atoms with Crippen molar-refractivity contribution in [3.05, 3.63) is 243 Å². The lowest BCUT2D eigenvalue weighted by atomic mass is 9.98. The molecule has 0 bridgehead atoms. The van der Waals surface area contributed by atoms with E-state index in [4.69, 9.17) is 8.83 Å². The number of hydrogen-bond donors (Lipinski definition) is 0. The van der Waals surface area contributed by atoms with Crippen molar-refractivity contribution in [2.24, 2.45) is 0 Å². The standard InChI is InChI=1S/C64H40N2O2/c1-2-14-44-37-45(28-27-41(44)13-1)42-29-33-47(34-30-42)65(48-35-31-43(32-36-48)51-21-12-26-62-63(51)55-20-6-10-25-61(55)67-62)50-39-56(64-57(40-50)54-19-5-9-24-60(54)68-64)46-15-11-16-49(38-46)66-58-22-7-3-17-52(58)53-18-4-8-23-59(53)66/h1-40H. The Hall–Kier alpha value is -9.12. The summed E-state index contributed by atoms with van der Waals surface area (Å²) in [5, 5.41) is 9.31. The monoisotopic (exact) mass is 868 g/mol. The smallest absolute Gasteiger partial charge is 0.143 e. The number of aromatic nitrogens is 1. The minimum Gasteiger partial charge on any atom is -0.456 e. The van der Waals surface area contributed by atoms with Crippen molar-refractivity contribution in [2.75, 3.05) is 4.90 Å². The molecule has 11 aromatic carbocycles. The predicted octanol–water partition coefficient (Wildman–Crippen LogP) is 18.2. The quantitative estimate of drug-likeness (QED) is 0.160. The van der Waals surface area contributed by atoms with Gasteiger partial charge in [0.15, 0.2) is 0 Å². The fraction of sp³-hybridized carbons (Fsp3) is 0. The van der Waals surface area contributed by atoms with Crippen molar-refractivity contribution in [1.82, 2.24) is 4.57 Å². The van der Waals surface area contributed by atoms with Gasteiger partial charge in [-0.15, -0.1) is 0 Å². The van der Waals surface area contributed by atoms with Crippen LogP contribution in [-0.2, 0) is 0 Å². The molecule has 0 saturated heterocycles. The van der Waals surface area contributed by atoms with Crippen LogP contribution in [0.2, 0.25) is 0 Å². The summed E-state index contributed by atoms with van der Waals surface area (Å²) in [4.78, 5) is 2.38. The summed E-state index contributed by atoms with van der Waals surface area (Å²) in [7, 11) is 0. The zero-order chi connectivity index (χ0) is 44.7. The van der Waals surface area contributed by atoms with E-state index in [1.54, 1.807) is 0 Å². The number of fused-ring (bicyclic) bond motifs is 10. The van der Waals surface area contributed by atoms with E-state index in [2.05, 4.69) is 234 Å². The highest BCUT2D eigenvalue weighted by molar-refractivity contribution is 6.14. The highest BCUT2D eigenvalue weighted by Gasteiger charge is 2.22. The molecule has 0 spiro atoms. The van der Waals surface area contributed by atoms with E-state index in [-0.39, 0.29) is 0 Å². The number of nitrogens with zero attached hydrogens (tertiary/aromatic N) is 2. The lowest BCUT2D eigenvalue weighted by molar-refractivity contribution is 0.669. The summed E-state index contributed by atoms with van der Waals surface area (Å²) in [6.45, 7) is 0. The van der Waals surface area contributed by atoms with Crippen molar-refractivity contribution in [3.63, 3.8) is 0 Å². The fourth-order valence-electron chi connectivity index (χ4n) is 10.6. The summed E-state index contributed by atoms with van der Waals surface area (Å²) in [5.74, 6) is 0. The van der Waals surface area contributed by atoms with E-state index in [0.717, 1.165) is 94.4 Å². The van der Waals surface area contributed by atoms with Gasteiger partial charge in [-0.05, 0) is 124 Å². The van der Waals surface area contributed by atoms with Crippen LogP contribution in [0.15, 0.2) is 251 Å². The molecule has 0 radical (unpaired) electrons. The Morgan fingerprint density at radius 3 is 1.65 bits per heavy atom. The molecular formula is C64H40N2O2. The maximum absolute atomic E-state index is 6.84. The zero-order valence-corrected chi connectivity index (χ0v) is 36.8. The van der Waals surface area contributed by atoms with Crippen molar-refractivity contribution < 1.29 is 8.83 Å².